The van der Waals surface area contributed by atoms with Crippen LogP contribution in [0.2, 0.25) is 0 Å². The molecule has 2 heterocycles. The lowest BCUT2D eigenvalue weighted by atomic mass is 10.1. The van der Waals surface area contributed by atoms with Gasteiger partial charge in [-0.25, -0.2) is 22.7 Å². The zero-order valence-corrected chi connectivity index (χ0v) is 15.5. The Morgan fingerprint density at radius 1 is 1.13 bits per heavy atom. The van der Waals surface area contributed by atoms with Gasteiger partial charge in [0, 0.05) is 11.6 Å². The minimum atomic E-state index is -2.93. The van der Waals surface area contributed by atoms with E-state index in [1.807, 2.05) is 0 Å². The highest BCUT2D eigenvalue weighted by Gasteiger charge is 2.23. The van der Waals surface area contributed by atoms with Gasteiger partial charge in [0.15, 0.2) is 5.65 Å². The molecule has 0 bridgehead atoms. The van der Waals surface area contributed by atoms with Gasteiger partial charge in [0.05, 0.1) is 16.8 Å². The first-order valence-electron chi connectivity index (χ1n) is 8.82. The van der Waals surface area contributed by atoms with Crippen molar-refractivity contribution in [1.29, 1.82) is 0 Å². The van der Waals surface area contributed by atoms with Crippen LogP contribution in [0.3, 0.4) is 0 Å². The largest absolute Gasteiger partial charge is 0.316 e. The number of amides is 1. The number of benzene rings is 2. The van der Waals surface area contributed by atoms with Crippen LogP contribution < -0.4 is 5.32 Å². The summed E-state index contributed by atoms with van der Waals surface area (Å²) in [5.74, 6) is -1.32. The van der Waals surface area contributed by atoms with Crippen LogP contribution >= 0.6 is 0 Å². The second-order valence-corrected chi connectivity index (χ2v) is 6.40. The first-order chi connectivity index (χ1) is 14.8. The summed E-state index contributed by atoms with van der Waals surface area (Å²) in [4.78, 5) is 27.5. The van der Waals surface area contributed by atoms with Crippen LogP contribution in [0.1, 0.15) is 22.5 Å². The maximum absolute atomic E-state index is 13.6. The fraction of sp³-hybridized carbons (Fsp3) is 0.0500. The summed E-state index contributed by atoms with van der Waals surface area (Å²) < 4.78 is 41.3. The fourth-order valence-corrected chi connectivity index (χ4v) is 3.00. The number of hydrogen-bond donors (Lipinski definition) is 1. The number of nitrogens with one attached hydrogen (secondary N) is 1. The van der Waals surface area contributed by atoms with Gasteiger partial charge in [-0.15, -0.1) is 0 Å². The Morgan fingerprint density at radius 3 is 2.52 bits per heavy atom. The molecule has 0 atom stereocenters. The number of carbonyl (C=O) groups is 1. The molecule has 0 unspecified atom stereocenters. The van der Waals surface area contributed by atoms with Gasteiger partial charge < -0.3 is 5.32 Å². The summed E-state index contributed by atoms with van der Waals surface area (Å²) in [6.07, 6.45) is -1.89. The Morgan fingerprint density at radius 2 is 1.84 bits per heavy atom. The number of nitro groups is 1. The molecule has 0 spiro atoms. The molecule has 31 heavy (non-hydrogen) atoms. The first-order valence-corrected chi connectivity index (χ1v) is 8.82. The molecule has 0 aliphatic heterocycles. The van der Waals surface area contributed by atoms with E-state index in [-0.39, 0.29) is 28.3 Å². The number of anilines is 1. The summed E-state index contributed by atoms with van der Waals surface area (Å²) in [7, 11) is 0. The topological polar surface area (TPSA) is 102 Å². The number of hydrogen-bond acceptors (Lipinski definition) is 5. The number of alkyl halides is 2. The molecule has 0 aliphatic rings. The summed E-state index contributed by atoms with van der Waals surface area (Å²) >= 11 is 0. The Balaban J connectivity index is 1.81. The number of carbonyl (C=O) groups excluding carboxylic acids is 1. The molecule has 4 aromatic rings. The SMILES string of the molecule is O=C(Nc1ccccc1[N+](=O)[O-])c1cnn2c(C(F)F)cc(-c3ccc(F)cc3)nc12. The molecule has 4 rings (SSSR count). The quantitative estimate of drug-likeness (QED) is 0.369. The zero-order chi connectivity index (χ0) is 22.1. The van der Waals surface area contributed by atoms with Crippen molar-refractivity contribution in [1.82, 2.24) is 14.6 Å². The van der Waals surface area contributed by atoms with E-state index < -0.39 is 28.8 Å². The predicted molar refractivity (Wildman–Crippen MR) is 104 cm³/mol. The normalized spacial score (nSPS) is 11.1. The van der Waals surface area contributed by atoms with E-state index in [0.29, 0.717) is 5.56 Å². The van der Waals surface area contributed by atoms with Crippen molar-refractivity contribution in [3.63, 3.8) is 0 Å². The summed E-state index contributed by atoms with van der Waals surface area (Å²) in [5.41, 5.74) is -0.812. The molecule has 1 N–H and O–H groups in total. The van der Waals surface area contributed by atoms with Crippen LogP contribution in [-0.2, 0) is 0 Å². The minimum absolute atomic E-state index is 0.0689. The van der Waals surface area contributed by atoms with Crippen molar-refractivity contribution in [2.75, 3.05) is 5.32 Å². The molecular formula is C20H12F3N5O3. The van der Waals surface area contributed by atoms with Crippen LogP contribution in [0.4, 0.5) is 24.5 Å². The third kappa shape index (κ3) is 3.80. The average Bonchev–Trinajstić information content (AvgIpc) is 3.17. The van der Waals surface area contributed by atoms with Crippen LogP contribution in [0.15, 0.2) is 60.8 Å². The van der Waals surface area contributed by atoms with Gasteiger partial charge in [0.1, 0.15) is 22.8 Å². The Bertz CT molecular complexity index is 1310. The summed E-state index contributed by atoms with van der Waals surface area (Å²) in [5, 5.41) is 17.4. The Hall–Kier alpha value is -4.28. The van der Waals surface area contributed by atoms with E-state index in [4.69, 9.17) is 0 Å². The lowest BCUT2D eigenvalue weighted by Gasteiger charge is -2.09. The van der Waals surface area contributed by atoms with Crippen molar-refractivity contribution < 1.29 is 22.9 Å². The van der Waals surface area contributed by atoms with E-state index in [1.54, 1.807) is 0 Å². The number of halogens is 3. The molecule has 2 aromatic carbocycles. The molecule has 156 valence electrons. The van der Waals surface area contributed by atoms with Crippen molar-refractivity contribution >= 4 is 22.9 Å². The summed E-state index contributed by atoms with van der Waals surface area (Å²) in [6.45, 7) is 0. The number of nitrogens with zero attached hydrogens (tertiary/aromatic N) is 4. The number of para-hydroxylation sites is 2. The van der Waals surface area contributed by atoms with Gasteiger partial charge in [-0.1, -0.05) is 12.1 Å². The van der Waals surface area contributed by atoms with Crippen LogP contribution in [-0.4, -0.2) is 25.4 Å². The number of aromatic nitrogens is 3. The molecule has 0 saturated carbocycles. The third-order valence-electron chi connectivity index (χ3n) is 4.46. The van der Waals surface area contributed by atoms with Crippen LogP contribution in [0.5, 0.6) is 0 Å². The second-order valence-electron chi connectivity index (χ2n) is 6.40. The summed E-state index contributed by atoms with van der Waals surface area (Å²) in [6, 6.07) is 11.6. The Labute approximate surface area is 172 Å². The van der Waals surface area contributed by atoms with Gasteiger partial charge in [-0.3, -0.25) is 14.9 Å². The number of nitro benzene ring substituents is 1. The number of fused-ring (bicyclic) bond motifs is 1. The molecule has 11 heteroatoms. The van der Waals surface area contributed by atoms with E-state index >= 15 is 0 Å². The standard InChI is InChI=1S/C20H12F3N5O3/c21-12-7-5-11(6-8-12)15-9-17(18(22)23)27-19(25-15)13(10-24-27)20(29)26-14-3-1-2-4-16(14)28(30)31/h1-10,18H,(H,26,29). The zero-order valence-electron chi connectivity index (χ0n) is 15.5. The molecular weight excluding hydrogens is 415 g/mol. The molecule has 2 aromatic heterocycles. The molecule has 0 aliphatic carbocycles. The van der Waals surface area contributed by atoms with Crippen LogP contribution in [0.25, 0.3) is 16.9 Å². The maximum Gasteiger partial charge on any atom is 0.292 e. The highest BCUT2D eigenvalue weighted by molar-refractivity contribution is 6.09. The van der Waals surface area contributed by atoms with E-state index in [9.17, 15) is 28.1 Å². The lowest BCUT2D eigenvalue weighted by Crippen LogP contribution is -2.14. The van der Waals surface area contributed by atoms with Crippen molar-refractivity contribution in [2.45, 2.75) is 6.43 Å². The maximum atomic E-state index is 13.6. The highest BCUT2D eigenvalue weighted by atomic mass is 19.3. The molecule has 8 nitrogen and oxygen atoms in total. The minimum Gasteiger partial charge on any atom is -0.316 e. The van der Waals surface area contributed by atoms with Crippen molar-refractivity contribution in [3.8, 4) is 11.3 Å². The molecule has 0 saturated heterocycles. The van der Waals surface area contributed by atoms with Gasteiger partial charge >= 0.3 is 0 Å². The smallest absolute Gasteiger partial charge is 0.292 e. The predicted octanol–water partition coefficient (Wildman–Crippen LogP) is 4.63. The van der Waals surface area contributed by atoms with Gasteiger partial charge in [-0.05, 0) is 36.4 Å². The first kappa shape index (κ1) is 20.0. The average molecular weight is 427 g/mol. The number of rotatable bonds is 5. The van der Waals surface area contributed by atoms with Crippen LogP contribution in [0, 0.1) is 15.9 Å². The van der Waals surface area contributed by atoms with E-state index in [1.165, 1.54) is 36.4 Å². The monoisotopic (exact) mass is 427 g/mol. The lowest BCUT2D eigenvalue weighted by molar-refractivity contribution is -0.383. The third-order valence-corrected chi connectivity index (χ3v) is 4.46. The van der Waals surface area contributed by atoms with Crippen molar-refractivity contribution in [3.05, 3.63) is 88.0 Å². The Kier molecular flexibility index (Phi) is 5.07. The molecule has 0 radical (unpaired) electrons. The van der Waals surface area contributed by atoms with Gasteiger partial charge in [-0.2, -0.15) is 5.10 Å². The molecule has 0 fully saturated rings. The van der Waals surface area contributed by atoms with Gasteiger partial charge in [0.2, 0.25) is 0 Å². The second kappa shape index (κ2) is 7.86. The van der Waals surface area contributed by atoms with E-state index in [0.717, 1.165) is 28.9 Å². The fourth-order valence-electron chi connectivity index (χ4n) is 3.00. The van der Waals surface area contributed by atoms with E-state index in [2.05, 4.69) is 15.4 Å². The molecule has 1 amide bonds. The highest BCUT2D eigenvalue weighted by Crippen LogP contribution is 2.28. The van der Waals surface area contributed by atoms with Crippen molar-refractivity contribution in [2.24, 2.45) is 0 Å². The van der Waals surface area contributed by atoms with Gasteiger partial charge in [0.25, 0.3) is 18.0 Å².